The molecule has 1 atom stereocenters. The smallest absolute Gasteiger partial charge is 0.311 e. The third-order valence-electron chi connectivity index (χ3n) is 3.37. The van der Waals surface area contributed by atoms with Crippen LogP contribution in [0.1, 0.15) is 5.56 Å². The van der Waals surface area contributed by atoms with Crippen LogP contribution in [0.5, 0.6) is 5.75 Å². The second-order valence-electron chi connectivity index (χ2n) is 5.52. The van der Waals surface area contributed by atoms with Gasteiger partial charge in [-0.25, -0.2) is 4.39 Å². The van der Waals surface area contributed by atoms with Gasteiger partial charge in [0.1, 0.15) is 18.5 Å². The number of likely N-dealkylation sites (N-methyl/N-ethyl adjacent to an activating group) is 1. The van der Waals surface area contributed by atoms with Crippen molar-refractivity contribution in [2.75, 3.05) is 20.2 Å². The van der Waals surface area contributed by atoms with Crippen molar-refractivity contribution in [2.45, 2.75) is 12.6 Å². The molecule has 0 heterocycles. The van der Waals surface area contributed by atoms with Gasteiger partial charge in [-0.15, -0.1) is 0 Å². The summed E-state index contributed by atoms with van der Waals surface area (Å²) in [5.41, 5.74) is 0.773. The highest BCUT2D eigenvalue weighted by Gasteiger charge is 2.18. The number of nitro groups is 1. The van der Waals surface area contributed by atoms with Crippen LogP contribution >= 0.6 is 0 Å². The Kier molecular flexibility index (Phi) is 6.22. The molecule has 1 unspecified atom stereocenters. The van der Waals surface area contributed by atoms with Gasteiger partial charge in [0.25, 0.3) is 0 Å². The van der Waals surface area contributed by atoms with Gasteiger partial charge in [0.2, 0.25) is 0 Å². The standard InChI is InChI=1S/C17H19FN2O4/c1-19(10-13-5-3-2-4-6-13)11-15(21)12-24-17-9-14(18)7-8-16(17)20(22)23/h2-9,15,21H,10-12H2,1H3. The van der Waals surface area contributed by atoms with Crippen molar-refractivity contribution in [3.8, 4) is 5.75 Å². The molecule has 0 radical (unpaired) electrons. The van der Waals surface area contributed by atoms with E-state index in [1.807, 2.05) is 42.3 Å². The van der Waals surface area contributed by atoms with E-state index in [2.05, 4.69) is 0 Å². The van der Waals surface area contributed by atoms with Crippen molar-refractivity contribution < 1.29 is 19.2 Å². The lowest BCUT2D eigenvalue weighted by atomic mass is 10.2. The van der Waals surface area contributed by atoms with Gasteiger partial charge >= 0.3 is 5.69 Å². The van der Waals surface area contributed by atoms with Crippen LogP contribution in [0, 0.1) is 15.9 Å². The summed E-state index contributed by atoms with van der Waals surface area (Å²) in [7, 11) is 1.85. The number of hydrogen-bond donors (Lipinski definition) is 1. The first kappa shape index (κ1) is 17.8. The van der Waals surface area contributed by atoms with Crippen LogP contribution in [0.4, 0.5) is 10.1 Å². The quantitative estimate of drug-likeness (QED) is 0.593. The van der Waals surface area contributed by atoms with Gasteiger partial charge in [0, 0.05) is 25.2 Å². The maximum atomic E-state index is 13.2. The molecule has 0 aliphatic heterocycles. The van der Waals surface area contributed by atoms with Crippen LogP contribution < -0.4 is 4.74 Å². The molecule has 0 aliphatic carbocycles. The van der Waals surface area contributed by atoms with Crippen LogP contribution in [0.25, 0.3) is 0 Å². The van der Waals surface area contributed by atoms with Crippen molar-refractivity contribution >= 4 is 5.69 Å². The molecule has 0 amide bonds. The Balaban J connectivity index is 1.88. The minimum atomic E-state index is -0.860. The van der Waals surface area contributed by atoms with Gasteiger partial charge in [-0.05, 0) is 18.7 Å². The Hall–Kier alpha value is -2.51. The zero-order valence-corrected chi connectivity index (χ0v) is 13.3. The lowest BCUT2D eigenvalue weighted by molar-refractivity contribution is -0.386. The molecule has 0 spiro atoms. The van der Waals surface area contributed by atoms with Gasteiger partial charge in [0.05, 0.1) is 4.92 Å². The van der Waals surface area contributed by atoms with Gasteiger partial charge in [-0.2, -0.15) is 0 Å². The number of aliphatic hydroxyl groups is 1. The SMILES string of the molecule is CN(Cc1ccccc1)CC(O)COc1cc(F)ccc1[N+](=O)[O-]. The highest BCUT2D eigenvalue weighted by Crippen LogP contribution is 2.27. The van der Waals surface area contributed by atoms with E-state index in [1.165, 1.54) is 0 Å². The number of ether oxygens (including phenoxy) is 1. The molecule has 1 N–H and O–H groups in total. The van der Waals surface area contributed by atoms with Gasteiger partial charge < -0.3 is 9.84 Å². The van der Waals surface area contributed by atoms with Gasteiger partial charge in [-0.3, -0.25) is 15.0 Å². The predicted molar refractivity (Wildman–Crippen MR) is 87.3 cm³/mol. The highest BCUT2D eigenvalue weighted by atomic mass is 19.1. The Morgan fingerprint density at radius 2 is 2.00 bits per heavy atom. The van der Waals surface area contributed by atoms with E-state index < -0.39 is 16.8 Å². The normalized spacial score (nSPS) is 12.2. The topological polar surface area (TPSA) is 75.8 Å². The van der Waals surface area contributed by atoms with Gasteiger partial charge in [0.15, 0.2) is 5.75 Å². The molecule has 128 valence electrons. The van der Waals surface area contributed by atoms with Crippen LogP contribution in [-0.2, 0) is 6.54 Å². The van der Waals surface area contributed by atoms with Crippen LogP contribution in [0.2, 0.25) is 0 Å². The number of aliphatic hydroxyl groups excluding tert-OH is 1. The van der Waals surface area contributed by atoms with E-state index in [9.17, 15) is 19.6 Å². The van der Waals surface area contributed by atoms with E-state index in [0.717, 1.165) is 23.8 Å². The Labute approximate surface area is 139 Å². The van der Waals surface area contributed by atoms with Crippen molar-refractivity contribution in [3.63, 3.8) is 0 Å². The monoisotopic (exact) mass is 334 g/mol. The van der Waals surface area contributed by atoms with Crippen LogP contribution in [-0.4, -0.2) is 41.2 Å². The summed E-state index contributed by atoms with van der Waals surface area (Å²) in [6.07, 6.45) is -0.860. The average Bonchev–Trinajstić information content (AvgIpc) is 2.53. The lowest BCUT2D eigenvalue weighted by Gasteiger charge is -2.20. The van der Waals surface area contributed by atoms with Gasteiger partial charge in [-0.1, -0.05) is 30.3 Å². The van der Waals surface area contributed by atoms with Crippen LogP contribution in [0.3, 0.4) is 0 Å². The lowest BCUT2D eigenvalue weighted by Crippen LogP contribution is -2.32. The molecule has 7 heteroatoms. The summed E-state index contributed by atoms with van der Waals surface area (Å²) in [4.78, 5) is 12.1. The summed E-state index contributed by atoms with van der Waals surface area (Å²) < 4.78 is 18.4. The summed E-state index contributed by atoms with van der Waals surface area (Å²) in [6, 6.07) is 12.7. The fourth-order valence-electron chi connectivity index (χ4n) is 2.31. The molecule has 0 saturated heterocycles. The Morgan fingerprint density at radius 1 is 1.29 bits per heavy atom. The molecular weight excluding hydrogens is 315 g/mol. The Bertz CT molecular complexity index is 682. The van der Waals surface area contributed by atoms with E-state index in [-0.39, 0.29) is 18.0 Å². The van der Waals surface area contributed by atoms with Crippen molar-refractivity contribution in [1.29, 1.82) is 0 Å². The number of benzene rings is 2. The largest absolute Gasteiger partial charge is 0.484 e. The second-order valence-corrected chi connectivity index (χ2v) is 5.52. The molecule has 0 fully saturated rings. The number of nitro benzene ring substituents is 1. The summed E-state index contributed by atoms with van der Waals surface area (Å²) in [5.74, 6) is -0.823. The zero-order chi connectivity index (χ0) is 17.5. The molecular formula is C17H19FN2O4. The molecule has 0 aromatic heterocycles. The van der Waals surface area contributed by atoms with E-state index >= 15 is 0 Å². The molecule has 0 aliphatic rings. The van der Waals surface area contributed by atoms with Crippen molar-refractivity contribution in [2.24, 2.45) is 0 Å². The molecule has 6 nitrogen and oxygen atoms in total. The minimum Gasteiger partial charge on any atom is -0.484 e. The third-order valence-corrected chi connectivity index (χ3v) is 3.37. The Morgan fingerprint density at radius 3 is 2.67 bits per heavy atom. The first-order chi connectivity index (χ1) is 11.5. The number of hydrogen-bond acceptors (Lipinski definition) is 5. The maximum Gasteiger partial charge on any atom is 0.311 e. The second kappa shape index (κ2) is 8.37. The van der Waals surface area contributed by atoms with Crippen molar-refractivity contribution in [1.82, 2.24) is 4.90 Å². The van der Waals surface area contributed by atoms with E-state index in [0.29, 0.717) is 13.1 Å². The third kappa shape index (κ3) is 5.29. The fourth-order valence-corrected chi connectivity index (χ4v) is 2.31. The minimum absolute atomic E-state index is 0.163. The summed E-state index contributed by atoms with van der Waals surface area (Å²) >= 11 is 0. The predicted octanol–water partition coefficient (Wildman–Crippen LogP) is 2.61. The summed E-state index contributed by atoms with van der Waals surface area (Å²) in [6.45, 7) is 0.805. The maximum absolute atomic E-state index is 13.2. The molecule has 2 aromatic rings. The number of rotatable bonds is 8. The molecule has 24 heavy (non-hydrogen) atoms. The molecule has 0 saturated carbocycles. The molecule has 0 bridgehead atoms. The average molecular weight is 334 g/mol. The van der Waals surface area contributed by atoms with E-state index in [4.69, 9.17) is 4.74 Å². The van der Waals surface area contributed by atoms with Crippen LogP contribution in [0.15, 0.2) is 48.5 Å². The summed E-state index contributed by atoms with van der Waals surface area (Å²) in [5, 5.41) is 20.9. The van der Waals surface area contributed by atoms with E-state index in [1.54, 1.807) is 0 Å². The van der Waals surface area contributed by atoms with Crippen molar-refractivity contribution in [3.05, 3.63) is 70.0 Å². The zero-order valence-electron chi connectivity index (χ0n) is 13.3. The first-order valence-electron chi connectivity index (χ1n) is 7.43. The fraction of sp³-hybridized carbons (Fsp3) is 0.294. The number of nitrogens with zero attached hydrogens (tertiary/aromatic N) is 2. The highest BCUT2D eigenvalue weighted by molar-refractivity contribution is 5.46. The molecule has 2 rings (SSSR count). The molecule has 2 aromatic carbocycles. The first-order valence-corrected chi connectivity index (χ1v) is 7.43. The number of halogens is 1.